The van der Waals surface area contributed by atoms with E-state index in [9.17, 15) is 78.0 Å². The van der Waals surface area contributed by atoms with Crippen LogP contribution in [0, 0.1) is 17.8 Å². The number of primary amides is 1. The van der Waals surface area contributed by atoms with Gasteiger partial charge < -0.3 is 71.5 Å². The molecule has 0 aromatic carbocycles. The summed E-state index contributed by atoms with van der Waals surface area (Å²) in [5.74, 6) is -9.68. The first kappa shape index (κ1) is 83.1. The second-order valence-corrected chi connectivity index (χ2v) is 21.8. The lowest BCUT2D eigenvalue weighted by Crippen LogP contribution is -2.43. The Morgan fingerprint density at radius 1 is 0.448 bits per heavy atom. The first-order chi connectivity index (χ1) is 41.4. The number of aliphatic hydroxyl groups is 1. The molecule has 0 unspecified atom stereocenters. The lowest BCUT2D eigenvalue weighted by molar-refractivity contribution is -0.145. The molecule has 0 radical (unpaired) electrons. The zero-order chi connectivity index (χ0) is 65.6. The van der Waals surface area contributed by atoms with Gasteiger partial charge >= 0.3 is 23.9 Å². The average Bonchev–Trinajstić information content (AvgIpc) is 3.68. The van der Waals surface area contributed by atoms with Crippen molar-refractivity contribution in [3.63, 3.8) is 0 Å². The zero-order valence-electron chi connectivity index (χ0n) is 52.4. The number of carbonyl (C=O) groups excluding carboxylic acids is 8. The number of carbonyl (C=O) groups is 12. The van der Waals surface area contributed by atoms with Crippen molar-refractivity contribution < 1.29 is 105 Å². The van der Waals surface area contributed by atoms with Gasteiger partial charge in [0.05, 0.1) is 44.4 Å². The number of Topliss-reactive ketones (excluding diaryl/α,β-unsaturated/α-hetero) is 3. The van der Waals surface area contributed by atoms with Crippen LogP contribution in [0.2, 0.25) is 0 Å². The molecular weight excluding hydrogens is 1140 g/mol. The van der Waals surface area contributed by atoms with Gasteiger partial charge in [-0.05, 0) is 72.1 Å². The van der Waals surface area contributed by atoms with E-state index in [1.54, 1.807) is 13.8 Å². The number of hydrogen-bond acceptors (Lipinski definition) is 17. The first-order valence-electron chi connectivity index (χ1n) is 31.3. The minimum Gasteiger partial charge on any atom is -0.481 e. The highest BCUT2D eigenvalue weighted by Crippen LogP contribution is 2.19. The molecule has 0 aliphatic rings. The molecule has 26 nitrogen and oxygen atoms in total. The Kier molecular flexibility index (Phi) is 52.9. The number of ether oxygens (including phenoxy) is 4. The van der Waals surface area contributed by atoms with Gasteiger partial charge in [-0.15, -0.1) is 0 Å². The molecule has 0 aromatic heterocycles. The van der Waals surface area contributed by atoms with Crippen LogP contribution in [0.1, 0.15) is 217 Å². The number of carboxylic acids is 4. The van der Waals surface area contributed by atoms with Gasteiger partial charge in [-0.1, -0.05) is 90.4 Å². The summed E-state index contributed by atoms with van der Waals surface area (Å²) in [5.41, 5.74) is 5.24. The fraction of sp³-hybridized carbons (Fsp3) is 0.803. The Morgan fingerprint density at radius 3 is 1.46 bits per heavy atom. The number of nitrogens with two attached hydrogens (primary N) is 1. The number of unbranched alkanes of at least 4 members (excludes halogenated alkanes) is 14. The predicted octanol–water partition coefficient (Wildman–Crippen LogP) is 5.87. The first-order valence-corrected chi connectivity index (χ1v) is 31.3. The molecule has 0 rings (SSSR count). The Balaban J connectivity index is -0.000000796. The van der Waals surface area contributed by atoms with Crippen molar-refractivity contribution in [2.45, 2.75) is 232 Å². The number of hydrogen-bond donors (Lipinski definition) is 10. The number of carboxylic acid groups (broad SMARTS) is 4. The van der Waals surface area contributed by atoms with Crippen molar-refractivity contribution in [3.8, 4) is 0 Å². The Morgan fingerprint density at radius 2 is 0.943 bits per heavy atom. The highest BCUT2D eigenvalue weighted by atomic mass is 16.5. The summed E-state index contributed by atoms with van der Waals surface area (Å²) in [6.07, 6.45) is 16.1. The van der Waals surface area contributed by atoms with Gasteiger partial charge in [0.1, 0.15) is 36.9 Å². The third-order valence-corrected chi connectivity index (χ3v) is 14.1. The van der Waals surface area contributed by atoms with E-state index < -0.39 is 71.5 Å². The fourth-order valence-electron chi connectivity index (χ4n) is 8.82. The Bertz CT molecular complexity index is 2000. The molecule has 0 saturated heterocycles. The van der Waals surface area contributed by atoms with E-state index in [1.807, 2.05) is 6.92 Å². The molecule has 0 aromatic rings. The normalized spacial score (nSPS) is 13.1. The summed E-state index contributed by atoms with van der Waals surface area (Å²) >= 11 is 0. The second-order valence-electron chi connectivity index (χ2n) is 21.8. The van der Waals surface area contributed by atoms with Gasteiger partial charge in [0.2, 0.25) is 29.5 Å². The molecule has 0 spiro atoms. The minimum atomic E-state index is -1.28. The number of ketones is 3. The molecule has 0 aliphatic heterocycles. The van der Waals surface area contributed by atoms with E-state index in [0.29, 0.717) is 78.0 Å². The number of nitrogens with one attached hydrogen (secondary N) is 4. The van der Waals surface area contributed by atoms with E-state index in [0.717, 1.165) is 44.9 Å². The van der Waals surface area contributed by atoms with Crippen molar-refractivity contribution in [1.82, 2.24) is 21.3 Å². The molecule has 5 amide bonds. The van der Waals surface area contributed by atoms with E-state index in [4.69, 9.17) is 29.8 Å². The molecule has 506 valence electrons. The topological polar surface area (TPSA) is 417 Å². The van der Waals surface area contributed by atoms with E-state index >= 15 is 0 Å². The van der Waals surface area contributed by atoms with Crippen molar-refractivity contribution in [3.05, 3.63) is 0 Å². The molecule has 11 N–H and O–H groups in total. The van der Waals surface area contributed by atoms with Gasteiger partial charge in [0.25, 0.3) is 0 Å². The van der Waals surface area contributed by atoms with Gasteiger partial charge in [-0.2, -0.15) is 0 Å². The minimum absolute atomic E-state index is 0. The average molecular weight is 1250 g/mol. The van der Waals surface area contributed by atoms with Crippen molar-refractivity contribution >= 4 is 70.8 Å². The maximum atomic E-state index is 12.3. The van der Waals surface area contributed by atoms with Crippen LogP contribution in [0.25, 0.3) is 0 Å². The second kappa shape index (κ2) is 55.4. The smallest absolute Gasteiger partial charge is 0.326 e. The van der Waals surface area contributed by atoms with Crippen LogP contribution < -0.4 is 27.0 Å². The van der Waals surface area contributed by atoms with Gasteiger partial charge in [-0.25, -0.2) is 9.59 Å². The molecule has 0 saturated carbocycles. The number of rotatable bonds is 59. The fourth-order valence-corrected chi connectivity index (χ4v) is 8.82. The highest BCUT2D eigenvalue weighted by Gasteiger charge is 2.28. The van der Waals surface area contributed by atoms with Gasteiger partial charge in [0, 0.05) is 86.4 Å². The molecule has 0 fully saturated rings. The predicted molar refractivity (Wildman–Crippen MR) is 325 cm³/mol. The van der Waals surface area contributed by atoms with E-state index in [-0.39, 0.29) is 129 Å². The van der Waals surface area contributed by atoms with Crippen molar-refractivity contribution in [2.75, 3.05) is 65.9 Å². The summed E-state index contributed by atoms with van der Waals surface area (Å²) in [5, 5.41) is 56.5. The maximum absolute atomic E-state index is 12.3. The Hall–Kier alpha value is -5.96. The van der Waals surface area contributed by atoms with Crippen LogP contribution >= 0.6 is 0 Å². The summed E-state index contributed by atoms with van der Waals surface area (Å²) < 4.78 is 20.9. The molecule has 26 heteroatoms. The van der Waals surface area contributed by atoms with Crippen LogP contribution in [-0.4, -0.2) is 180 Å². The monoisotopic (exact) mass is 1250 g/mol. The molecule has 87 heavy (non-hydrogen) atoms. The number of aliphatic carboxylic acids is 4. The van der Waals surface area contributed by atoms with E-state index in [1.165, 1.54) is 45.4 Å². The van der Waals surface area contributed by atoms with Crippen LogP contribution in [0.4, 0.5) is 0 Å². The summed E-state index contributed by atoms with van der Waals surface area (Å²) in [6, 6.07) is -2.47. The molecular formula is C61H111N5O21. The molecule has 6 atom stereocenters. The maximum Gasteiger partial charge on any atom is 0.326 e. The quantitative estimate of drug-likeness (QED) is 0.0318. The van der Waals surface area contributed by atoms with Crippen molar-refractivity contribution in [2.24, 2.45) is 23.5 Å². The summed E-state index contributed by atoms with van der Waals surface area (Å²) in [7, 11) is 0. The van der Waals surface area contributed by atoms with Crippen LogP contribution in [-0.2, 0) is 76.5 Å². The largest absolute Gasteiger partial charge is 0.481 e. The van der Waals surface area contributed by atoms with Crippen LogP contribution in [0.15, 0.2) is 0 Å². The third-order valence-electron chi connectivity index (χ3n) is 14.1. The summed E-state index contributed by atoms with van der Waals surface area (Å²) in [4.78, 5) is 141. The van der Waals surface area contributed by atoms with E-state index in [2.05, 4.69) is 21.3 Å². The van der Waals surface area contributed by atoms with Gasteiger partial charge in [-0.3, -0.25) is 47.9 Å². The summed E-state index contributed by atoms with van der Waals surface area (Å²) in [6.45, 7) is 9.25. The lowest BCUT2D eigenvalue weighted by Gasteiger charge is -2.18. The zero-order valence-corrected chi connectivity index (χ0v) is 52.4. The Labute approximate surface area is 517 Å². The number of amides is 5. The van der Waals surface area contributed by atoms with Crippen LogP contribution in [0.5, 0.6) is 0 Å². The number of aliphatic hydroxyl groups excluding tert-OH is 1. The lowest BCUT2D eigenvalue weighted by atomic mass is 9.89. The third kappa shape index (κ3) is 51.8. The highest BCUT2D eigenvalue weighted by molar-refractivity contribution is 5.88. The molecule has 0 heterocycles. The molecule has 0 aliphatic carbocycles. The standard InChI is InChI=1S/C31H54N2O9.C30H53N3O12.2H2/c1-2-32-27(35)22-19-24(30(39)40)23-25(34)20-21-26(31(41)42)33-28(36)17-15-13-11-9-7-5-3-4-6-8-10-12-14-16-18-29(37)38;1-4-42-14-16-44-19-23(35)9-7-13-43-15-17-45-20-28(38)33-25(30(40)41)10-11-27(37)32-12-6-5-8-21(2)26(36)18-24(22(3)34)29(31)39;;/h24,26H,2-23H2,1H3,(H,32,35)(H,33,36)(H,37,38)(H,39,40)(H,41,42);21-22,24-25,34H,4-20H2,1-3H3,(H2,31,39)(H,32,37)(H,33,38)(H,40,41);2*1H/t24-,26+;21-,22+,24-,25-;;/m10../s1. The van der Waals surface area contributed by atoms with Crippen LogP contribution in [0.3, 0.4) is 0 Å². The van der Waals surface area contributed by atoms with Gasteiger partial charge in [0.15, 0.2) is 5.78 Å². The SMILES string of the molecule is CCNC(=O)CC[C@H](CC(=O)CC[C@H](NC(=O)CCCCCCCCCCCCCCCCC(=O)O)C(=O)O)C(=O)O.CCOCCOCC(=O)CCCOCCOCC(=O)N[C@@H](CCC(=O)NCCCC[C@H](C)C(=O)C[C@H](C(N)=O)[C@@H](C)O)C(=O)O.[HH].[HH]. The molecule has 0 bridgehead atoms. The van der Waals surface area contributed by atoms with Crippen molar-refractivity contribution in [1.29, 1.82) is 0 Å².